The van der Waals surface area contributed by atoms with Crippen LogP contribution >= 0.6 is 22.7 Å². The van der Waals surface area contributed by atoms with Crippen LogP contribution in [0.25, 0.3) is 22.2 Å². The first kappa shape index (κ1) is 21.7. The van der Waals surface area contributed by atoms with Crippen molar-refractivity contribution < 1.29 is 4.21 Å². The summed E-state index contributed by atoms with van der Waals surface area (Å²) in [6, 6.07) is 12.0. The number of rotatable bonds is 6. The number of benzene rings is 1. The average molecular weight is 485 g/mol. The highest BCUT2D eigenvalue weighted by molar-refractivity contribution is 7.86. The molecule has 1 N–H and O–H groups in total. The Bertz CT molecular complexity index is 1300. The number of piperazine rings is 1. The fraction of sp³-hybridized carbons (Fsp3) is 0.304. The zero-order chi connectivity index (χ0) is 22.1. The van der Waals surface area contributed by atoms with E-state index in [-0.39, 0.29) is 5.56 Å². The minimum Gasteiger partial charge on any atom is -0.321 e. The molecular formula is C23H24N4O2S3. The van der Waals surface area contributed by atoms with E-state index in [0.717, 1.165) is 52.8 Å². The van der Waals surface area contributed by atoms with E-state index >= 15 is 0 Å². The molecule has 4 aromatic rings. The van der Waals surface area contributed by atoms with E-state index < -0.39 is 10.8 Å². The number of aromatic nitrogens is 2. The van der Waals surface area contributed by atoms with E-state index in [4.69, 9.17) is 0 Å². The molecule has 0 aliphatic carbocycles. The van der Waals surface area contributed by atoms with E-state index in [1.807, 2.05) is 29.0 Å². The van der Waals surface area contributed by atoms with Crippen molar-refractivity contribution in [2.45, 2.75) is 16.5 Å². The second kappa shape index (κ2) is 9.36. The minimum absolute atomic E-state index is 0.148. The zero-order valence-electron chi connectivity index (χ0n) is 17.7. The number of hydrogen-bond donors (Lipinski definition) is 1. The van der Waals surface area contributed by atoms with Gasteiger partial charge in [-0.15, -0.1) is 22.7 Å². The Morgan fingerprint density at radius 1 is 1.12 bits per heavy atom. The second-order valence-electron chi connectivity index (χ2n) is 8.06. The highest BCUT2D eigenvalue weighted by atomic mass is 32.2. The molecule has 3 aromatic heterocycles. The Kier molecular flexibility index (Phi) is 6.34. The van der Waals surface area contributed by atoms with Gasteiger partial charge in [0.25, 0.3) is 5.56 Å². The van der Waals surface area contributed by atoms with Gasteiger partial charge in [0, 0.05) is 43.6 Å². The van der Waals surface area contributed by atoms with Gasteiger partial charge in [-0.25, -0.2) is 4.98 Å². The largest absolute Gasteiger partial charge is 0.321 e. The number of thiophene rings is 1. The van der Waals surface area contributed by atoms with Crippen molar-refractivity contribution >= 4 is 44.4 Å². The number of H-pyrrole nitrogens is 1. The van der Waals surface area contributed by atoms with Crippen molar-refractivity contribution in [3.8, 4) is 11.3 Å². The molecule has 166 valence electrons. The molecule has 0 saturated carbocycles. The summed E-state index contributed by atoms with van der Waals surface area (Å²) in [6.45, 7) is 5.19. The average Bonchev–Trinajstić information content (AvgIpc) is 3.47. The lowest BCUT2D eigenvalue weighted by molar-refractivity contribution is 0.148. The number of pyridine rings is 1. The SMILES string of the molecule is CN1CCN(Cc2ccc3cc(-c4csc(CS(=O)c5cccs5)n4)c(=O)[nH]c3c2)CC1. The zero-order valence-corrected chi connectivity index (χ0v) is 20.2. The van der Waals surface area contributed by atoms with E-state index in [2.05, 4.69) is 45.0 Å². The molecule has 4 heterocycles. The van der Waals surface area contributed by atoms with Gasteiger partial charge in [0.2, 0.25) is 0 Å². The third-order valence-electron chi connectivity index (χ3n) is 5.71. The number of nitrogens with zero attached hydrogens (tertiary/aromatic N) is 3. The molecule has 6 nitrogen and oxygen atoms in total. The van der Waals surface area contributed by atoms with Crippen LogP contribution in [0, 0.1) is 0 Å². The summed E-state index contributed by atoms with van der Waals surface area (Å²) in [7, 11) is 1.05. The Morgan fingerprint density at radius 3 is 2.75 bits per heavy atom. The Morgan fingerprint density at radius 2 is 1.97 bits per heavy atom. The summed E-state index contributed by atoms with van der Waals surface area (Å²) in [6.07, 6.45) is 0. The van der Waals surface area contributed by atoms with Gasteiger partial charge in [-0.2, -0.15) is 0 Å². The summed E-state index contributed by atoms with van der Waals surface area (Å²) in [5.41, 5.74) is 3.09. The molecule has 0 radical (unpaired) electrons. The summed E-state index contributed by atoms with van der Waals surface area (Å²) in [4.78, 5) is 25.3. The monoisotopic (exact) mass is 484 g/mol. The Hall–Kier alpha value is -2.17. The lowest BCUT2D eigenvalue weighted by Gasteiger charge is -2.32. The minimum atomic E-state index is -1.11. The normalized spacial score (nSPS) is 16.5. The second-order valence-corrected chi connectivity index (χ2v) is 11.6. The van der Waals surface area contributed by atoms with Gasteiger partial charge in [-0.3, -0.25) is 13.9 Å². The molecule has 1 atom stereocenters. The molecular weight excluding hydrogens is 460 g/mol. The molecule has 0 spiro atoms. The molecule has 0 bridgehead atoms. The fourth-order valence-electron chi connectivity index (χ4n) is 3.88. The number of aromatic amines is 1. The lowest BCUT2D eigenvalue weighted by Crippen LogP contribution is -2.43. The first-order valence-electron chi connectivity index (χ1n) is 10.5. The summed E-state index contributed by atoms with van der Waals surface area (Å²) in [5.74, 6) is 0.367. The predicted molar refractivity (Wildman–Crippen MR) is 133 cm³/mol. The van der Waals surface area contributed by atoms with Crippen molar-refractivity contribution in [1.82, 2.24) is 19.8 Å². The molecule has 5 rings (SSSR count). The van der Waals surface area contributed by atoms with Crippen LogP contribution in [-0.2, 0) is 23.1 Å². The molecule has 1 fully saturated rings. The number of likely N-dealkylation sites (N-methyl/N-ethyl adjacent to an activating group) is 1. The predicted octanol–water partition coefficient (Wildman–Crippen LogP) is 3.77. The van der Waals surface area contributed by atoms with Crippen LogP contribution in [-0.4, -0.2) is 57.2 Å². The van der Waals surface area contributed by atoms with E-state index in [1.165, 1.54) is 28.2 Å². The van der Waals surface area contributed by atoms with Crippen molar-refractivity contribution in [3.63, 3.8) is 0 Å². The Labute approximate surface area is 197 Å². The van der Waals surface area contributed by atoms with Crippen molar-refractivity contribution in [2.75, 3.05) is 33.2 Å². The summed E-state index contributed by atoms with van der Waals surface area (Å²) >= 11 is 2.93. The third kappa shape index (κ3) is 4.77. The highest BCUT2D eigenvalue weighted by Crippen LogP contribution is 2.25. The third-order valence-corrected chi connectivity index (χ3v) is 9.37. The summed E-state index contributed by atoms with van der Waals surface area (Å²) in [5, 5.41) is 5.55. The Balaban J connectivity index is 1.35. The van der Waals surface area contributed by atoms with Gasteiger partial charge >= 0.3 is 0 Å². The molecule has 1 aromatic carbocycles. The molecule has 1 unspecified atom stereocenters. The van der Waals surface area contributed by atoms with Gasteiger partial charge in [-0.05, 0) is 41.6 Å². The van der Waals surface area contributed by atoms with Crippen LogP contribution < -0.4 is 5.56 Å². The van der Waals surface area contributed by atoms with E-state index in [0.29, 0.717) is 17.0 Å². The van der Waals surface area contributed by atoms with E-state index in [9.17, 15) is 9.00 Å². The summed E-state index contributed by atoms with van der Waals surface area (Å²) < 4.78 is 13.3. The molecule has 1 aliphatic rings. The van der Waals surface area contributed by atoms with E-state index in [1.54, 1.807) is 0 Å². The van der Waals surface area contributed by atoms with Crippen LogP contribution in [0.3, 0.4) is 0 Å². The first-order chi connectivity index (χ1) is 15.5. The van der Waals surface area contributed by atoms with Crippen molar-refractivity contribution in [2.24, 2.45) is 0 Å². The number of hydrogen-bond acceptors (Lipinski definition) is 7. The lowest BCUT2D eigenvalue weighted by atomic mass is 10.1. The van der Waals surface area contributed by atoms with Crippen LogP contribution in [0.4, 0.5) is 0 Å². The maximum atomic E-state index is 12.8. The van der Waals surface area contributed by atoms with Gasteiger partial charge in [0.15, 0.2) is 0 Å². The highest BCUT2D eigenvalue weighted by Gasteiger charge is 2.16. The fourth-order valence-corrected chi connectivity index (χ4v) is 6.93. The van der Waals surface area contributed by atoms with Crippen molar-refractivity contribution in [3.05, 3.63) is 68.1 Å². The molecule has 9 heteroatoms. The molecule has 32 heavy (non-hydrogen) atoms. The van der Waals surface area contributed by atoms with Crippen LogP contribution in [0.5, 0.6) is 0 Å². The molecule has 1 saturated heterocycles. The quantitative estimate of drug-likeness (QED) is 0.451. The van der Waals surface area contributed by atoms with Crippen molar-refractivity contribution in [1.29, 1.82) is 0 Å². The van der Waals surface area contributed by atoms with Gasteiger partial charge in [-0.1, -0.05) is 18.2 Å². The maximum absolute atomic E-state index is 12.8. The molecule has 1 aliphatic heterocycles. The van der Waals surface area contributed by atoms with Crippen LogP contribution in [0.2, 0.25) is 0 Å². The smallest absolute Gasteiger partial charge is 0.257 e. The number of thiazole rings is 1. The van der Waals surface area contributed by atoms with Crippen LogP contribution in [0.1, 0.15) is 10.6 Å². The first-order valence-corrected chi connectivity index (χ1v) is 13.6. The van der Waals surface area contributed by atoms with Gasteiger partial charge in [0.1, 0.15) is 5.01 Å². The van der Waals surface area contributed by atoms with Crippen LogP contribution in [0.15, 0.2) is 56.2 Å². The number of nitrogens with one attached hydrogen (secondary N) is 1. The van der Waals surface area contributed by atoms with Gasteiger partial charge in [0.05, 0.1) is 32.0 Å². The molecule has 0 amide bonds. The topological polar surface area (TPSA) is 69.3 Å². The van der Waals surface area contributed by atoms with Gasteiger partial charge < -0.3 is 9.88 Å². The standard InChI is InChI=1S/C23H24N4O2S3/c1-26-6-8-27(9-7-26)13-16-4-5-17-12-18(23(28)25-19(17)11-16)20-14-31-21(24-20)15-32(29)22-3-2-10-30-22/h2-5,10-12,14H,6-9,13,15H2,1H3,(H,25,28). The maximum Gasteiger partial charge on any atom is 0.257 e. The number of fused-ring (bicyclic) bond motifs is 1.